The van der Waals surface area contributed by atoms with E-state index in [-0.39, 0.29) is 0 Å². The van der Waals surface area contributed by atoms with Crippen LogP contribution in [0.15, 0.2) is 152 Å². The molecule has 0 spiro atoms. The first-order chi connectivity index (χ1) is 23.3. The molecule has 10 aromatic rings. The fraction of sp³-hybridized carbons (Fsp3) is 0. The van der Waals surface area contributed by atoms with E-state index < -0.39 is 0 Å². The van der Waals surface area contributed by atoms with Crippen molar-refractivity contribution in [3.05, 3.63) is 152 Å². The molecule has 10 rings (SSSR count). The zero-order chi connectivity index (χ0) is 30.9. The number of fused-ring (bicyclic) bond motifs is 11. The molecule has 2 heterocycles. The van der Waals surface area contributed by atoms with Gasteiger partial charge in [0.15, 0.2) is 17.5 Å². The fourth-order valence-corrected chi connectivity index (χ4v) is 8.38. The molecule has 0 radical (unpaired) electrons. The molecule has 0 amide bonds. The molecule has 0 atom stereocenters. The molecule has 0 saturated heterocycles. The third-order valence-electron chi connectivity index (χ3n) is 9.30. The Morgan fingerprint density at radius 3 is 1.57 bits per heavy atom. The lowest BCUT2D eigenvalue weighted by Gasteiger charge is -2.16. The van der Waals surface area contributed by atoms with Crippen molar-refractivity contribution in [3.63, 3.8) is 0 Å². The molecule has 0 N–H and O–H groups in total. The Bertz CT molecular complexity index is 2850. The van der Waals surface area contributed by atoms with Gasteiger partial charge >= 0.3 is 0 Å². The molecule has 47 heavy (non-hydrogen) atoms. The largest absolute Gasteiger partial charge is 0.208 e. The summed E-state index contributed by atoms with van der Waals surface area (Å²) in [5.74, 6) is 2.01. The molecule has 0 fully saturated rings. The second-order valence-electron chi connectivity index (χ2n) is 11.9. The Labute approximate surface area is 274 Å². The van der Waals surface area contributed by atoms with Crippen LogP contribution >= 0.6 is 11.3 Å². The number of rotatable bonds is 3. The van der Waals surface area contributed by atoms with E-state index in [1.165, 1.54) is 57.9 Å². The third kappa shape index (κ3) is 4.02. The van der Waals surface area contributed by atoms with Gasteiger partial charge in [-0.15, -0.1) is 11.3 Å². The molecule has 8 aromatic carbocycles. The summed E-state index contributed by atoms with van der Waals surface area (Å²) in [6, 6.07) is 53.7. The van der Waals surface area contributed by atoms with Crippen LogP contribution in [0.1, 0.15) is 0 Å². The smallest absolute Gasteiger partial charge is 0.164 e. The van der Waals surface area contributed by atoms with Crippen LogP contribution in [0.2, 0.25) is 0 Å². The standard InChI is InChI=1S/C43H25N3S/c1-2-13-26(14-3-1)41-44-42(34-22-12-24-38-40(34)33-21-10-11-23-37(33)47-38)46-43(45-41)36-25-35-29-17-5-4-15-27(29)28-16-6-8-19-31(28)39(35)32-20-9-7-18-30(32)36/h1-25H. The van der Waals surface area contributed by atoms with Crippen molar-refractivity contribution in [3.8, 4) is 34.2 Å². The van der Waals surface area contributed by atoms with Crippen LogP contribution in [0.25, 0.3) is 97.4 Å². The lowest BCUT2D eigenvalue weighted by molar-refractivity contribution is 1.08. The van der Waals surface area contributed by atoms with E-state index in [4.69, 9.17) is 15.0 Å². The molecule has 218 valence electrons. The zero-order valence-electron chi connectivity index (χ0n) is 25.2. The van der Waals surface area contributed by atoms with Gasteiger partial charge in [-0.1, -0.05) is 133 Å². The highest BCUT2D eigenvalue weighted by Gasteiger charge is 2.20. The maximum Gasteiger partial charge on any atom is 0.164 e. The monoisotopic (exact) mass is 615 g/mol. The molecule has 0 aliphatic heterocycles. The van der Waals surface area contributed by atoms with Crippen LogP contribution in [-0.2, 0) is 0 Å². The average Bonchev–Trinajstić information content (AvgIpc) is 3.54. The van der Waals surface area contributed by atoms with Gasteiger partial charge in [0.05, 0.1) is 0 Å². The van der Waals surface area contributed by atoms with Crippen molar-refractivity contribution in [2.24, 2.45) is 0 Å². The Morgan fingerprint density at radius 2 is 0.830 bits per heavy atom. The van der Waals surface area contributed by atoms with Gasteiger partial charge in [-0.25, -0.2) is 15.0 Å². The molecule has 3 nitrogen and oxygen atoms in total. The van der Waals surface area contributed by atoms with E-state index in [0.717, 1.165) is 22.1 Å². The lowest BCUT2D eigenvalue weighted by atomic mass is 9.89. The summed E-state index contributed by atoms with van der Waals surface area (Å²) in [7, 11) is 0. The molecular formula is C43H25N3S. The number of nitrogens with zero attached hydrogens (tertiary/aromatic N) is 3. The quantitative estimate of drug-likeness (QED) is 0.186. The highest BCUT2D eigenvalue weighted by atomic mass is 32.1. The molecule has 0 bridgehead atoms. The van der Waals surface area contributed by atoms with Gasteiger partial charge in [0.1, 0.15) is 0 Å². The van der Waals surface area contributed by atoms with Crippen molar-refractivity contribution in [1.29, 1.82) is 0 Å². The van der Waals surface area contributed by atoms with E-state index in [0.29, 0.717) is 17.5 Å². The second kappa shape index (κ2) is 10.3. The summed E-state index contributed by atoms with van der Waals surface area (Å²) in [6.45, 7) is 0. The van der Waals surface area contributed by atoms with Gasteiger partial charge in [0.25, 0.3) is 0 Å². The molecular weight excluding hydrogens is 591 g/mol. The SMILES string of the molecule is c1ccc(-c2nc(-c3cc4c5ccccc5c5ccccc5c4c4ccccc34)nc(-c3cccc4sc5ccccc5c34)n2)cc1. The highest BCUT2D eigenvalue weighted by molar-refractivity contribution is 7.25. The number of hydrogen-bond acceptors (Lipinski definition) is 4. The Morgan fingerprint density at radius 1 is 0.319 bits per heavy atom. The van der Waals surface area contributed by atoms with Gasteiger partial charge in [0.2, 0.25) is 0 Å². The number of thiophene rings is 1. The van der Waals surface area contributed by atoms with Gasteiger partial charge < -0.3 is 0 Å². The topological polar surface area (TPSA) is 38.7 Å². The van der Waals surface area contributed by atoms with Crippen LogP contribution < -0.4 is 0 Å². The molecule has 0 saturated carbocycles. The average molecular weight is 616 g/mol. The minimum atomic E-state index is 0.662. The van der Waals surface area contributed by atoms with Gasteiger partial charge in [-0.05, 0) is 61.3 Å². The summed E-state index contributed by atoms with van der Waals surface area (Å²) in [5.41, 5.74) is 2.97. The van der Waals surface area contributed by atoms with Crippen LogP contribution in [0, 0.1) is 0 Å². The lowest BCUT2D eigenvalue weighted by Crippen LogP contribution is -2.01. The first kappa shape index (κ1) is 26.3. The summed E-state index contributed by atoms with van der Waals surface area (Å²) in [6.07, 6.45) is 0. The van der Waals surface area contributed by atoms with E-state index in [9.17, 15) is 0 Å². The Kier molecular flexibility index (Phi) is 5.74. The van der Waals surface area contributed by atoms with Crippen molar-refractivity contribution in [2.45, 2.75) is 0 Å². The minimum Gasteiger partial charge on any atom is -0.208 e. The summed E-state index contributed by atoms with van der Waals surface area (Å²) < 4.78 is 2.48. The molecule has 0 aliphatic carbocycles. The van der Waals surface area contributed by atoms with E-state index in [2.05, 4.69) is 133 Å². The molecule has 4 heteroatoms. The van der Waals surface area contributed by atoms with Crippen molar-refractivity contribution < 1.29 is 0 Å². The predicted octanol–water partition coefficient (Wildman–Crippen LogP) is 11.9. The predicted molar refractivity (Wildman–Crippen MR) is 199 cm³/mol. The van der Waals surface area contributed by atoms with Crippen LogP contribution in [-0.4, -0.2) is 15.0 Å². The van der Waals surface area contributed by atoms with E-state index in [1.807, 2.05) is 18.2 Å². The fourth-order valence-electron chi connectivity index (χ4n) is 7.25. The number of aromatic nitrogens is 3. The van der Waals surface area contributed by atoms with E-state index in [1.54, 1.807) is 11.3 Å². The molecule has 2 aromatic heterocycles. The third-order valence-corrected chi connectivity index (χ3v) is 10.4. The van der Waals surface area contributed by atoms with Crippen molar-refractivity contribution in [1.82, 2.24) is 15.0 Å². The van der Waals surface area contributed by atoms with Gasteiger partial charge in [-0.3, -0.25) is 0 Å². The first-order valence-electron chi connectivity index (χ1n) is 15.8. The van der Waals surface area contributed by atoms with Crippen LogP contribution in [0.5, 0.6) is 0 Å². The van der Waals surface area contributed by atoms with Crippen LogP contribution in [0.4, 0.5) is 0 Å². The normalized spacial score (nSPS) is 11.8. The maximum atomic E-state index is 5.32. The highest BCUT2D eigenvalue weighted by Crippen LogP contribution is 2.43. The second-order valence-corrected chi connectivity index (χ2v) is 13.0. The molecule has 0 unspecified atom stereocenters. The van der Waals surface area contributed by atoms with Gasteiger partial charge in [0, 0.05) is 36.9 Å². The van der Waals surface area contributed by atoms with Gasteiger partial charge in [-0.2, -0.15) is 0 Å². The Hall–Kier alpha value is -5.97. The maximum absolute atomic E-state index is 5.32. The summed E-state index contributed by atoms with van der Waals surface area (Å²) in [4.78, 5) is 15.7. The van der Waals surface area contributed by atoms with E-state index >= 15 is 0 Å². The van der Waals surface area contributed by atoms with Crippen LogP contribution in [0.3, 0.4) is 0 Å². The summed E-state index contributed by atoms with van der Waals surface area (Å²) in [5, 5.41) is 12.2. The first-order valence-corrected chi connectivity index (χ1v) is 16.6. The number of hydrogen-bond donors (Lipinski definition) is 0. The summed E-state index contributed by atoms with van der Waals surface area (Å²) >= 11 is 1.81. The minimum absolute atomic E-state index is 0.662. The van der Waals surface area contributed by atoms with Crippen molar-refractivity contribution >= 4 is 74.6 Å². The zero-order valence-corrected chi connectivity index (χ0v) is 26.0. The molecule has 0 aliphatic rings. The van der Waals surface area contributed by atoms with Crippen molar-refractivity contribution in [2.75, 3.05) is 0 Å². The number of benzene rings is 8. The Balaban J connectivity index is 1.34.